The topological polar surface area (TPSA) is 26.0 Å². The summed E-state index contributed by atoms with van der Waals surface area (Å²) >= 11 is 8.65. The summed E-state index contributed by atoms with van der Waals surface area (Å²) in [5, 5.41) is 0. The van der Waals surface area contributed by atoms with Crippen molar-refractivity contribution in [2.24, 2.45) is 0 Å². The van der Waals surface area contributed by atoms with E-state index in [1.807, 2.05) is 24.3 Å². The zero-order valence-electron chi connectivity index (χ0n) is 7.13. The quantitative estimate of drug-likeness (QED) is 0.763. The van der Waals surface area contributed by atoms with Gasteiger partial charge in [0.25, 0.3) is 0 Å². The zero-order valence-corrected chi connectivity index (χ0v) is 11.1. The minimum Gasteiger partial charge on any atom is -0.399 e. The highest BCUT2D eigenvalue weighted by atomic mass is 79.9. The van der Waals surface area contributed by atoms with E-state index in [9.17, 15) is 0 Å². The van der Waals surface area contributed by atoms with E-state index in [0.717, 1.165) is 19.5 Å². The highest BCUT2D eigenvalue weighted by molar-refractivity contribution is 9.11. The van der Waals surface area contributed by atoms with Gasteiger partial charge in [-0.2, -0.15) is 0 Å². The van der Waals surface area contributed by atoms with Crippen LogP contribution in [0.4, 0.5) is 5.69 Å². The second kappa shape index (κ2) is 4.04. The molecule has 2 rings (SSSR count). The predicted octanol–water partition coefficient (Wildman–Crippen LogP) is 4.52. The maximum absolute atomic E-state index is 5.74. The molecule has 0 aliphatic carbocycles. The van der Waals surface area contributed by atoms with Crippen LogP contribution in [0.25, 0.3) is 10.4 Å². The first-order chi connectivity index (χ1) is 6.66. The van der Waals surface area contributed by atoms with Crippen LogP contribution < -0.4 is 5.73 Å². The Balaban J connectivity index is 2.55. The monoisotopic (exact) mass is 331 g/mol. The number of hydrogen-bond acceptors (Lipinski definition) is 2. The van der Waals surface area contributed by atoms with Crippen molar-refractivity contribution in [3.8, 4) is 10.4 Å². The van der Waals surface area contributed by atoms with Gasteiger partial charge in [-0.05, 0) is 46.3 Å². The largest absolute Gasteiger partial charge is 0.399 e. The summed E-state index contributed by atoms with van der Waals surface area (Å²) < 4.78 is 2.20. The smallest absolute Gasteiger partial charge is 0.0705 e. The van der Waals surface area contributed by atoms with Crippen molar-refractivity contribution in [2.45, 2.75) is 0 Å². The minimum absolute atomic E-state index is 0.785. The number of benzene rings is 1. The van der Waals surface area contributed by atoms with Crippen LogP contribution in [-0.2, 0) is 0 Å². The van der Waals surface area contributed by atoms with Gasteiger partial charge in [0, 0.05) is 20.6 Å². The standard InChI is InChI=1S/C10H7Br2NS/c11-8-2-1-6(13)5-7(8)9-3-4-10(12)14-9/h1-5H,13H2. The molecule has 0 fully saturated rings. The van der Waals surface area contributed by atoms with Gasteiger partial charge in [0.15, 0.2) is 0 Å². The molecule has 0 unspecified atom stereocenters. The molecule has 72 valence electrons. The number of thiophene rings is 1. The first kappa shape index (κ1) is 10.2. The third kappa shape index (κ3) is 2.02. The highest BCUT2D eigenvalue weighted by Gasteiger charge is 2.05. The number of nitrogens with two attached hydrogens (primary N) is 1. The number of rotatable bonds is 1. The Hall–Kier alpha value is -0.320. The Morgan fingerprint density at radius 3 is 2.50 bits per heavy atom. The molecule has 0 spiro atoms. The van der Waals surface area contributed by atoms with Crippen LogP contribution in [-0.4, -0.2) is 0 Å². The summed E-state index contributed by atoms with van der Waals surface area (Å²) in [6.07, 6.45) is 0. The Bertz CT molecular complexity index is 465. The fraction of sp³-hybridized carbons (Fsp3) is 0. The van der Waals surface area contributed by atoms with Gasteiger partial charge in [0.1, 0.15) is 0 Å². The Kier molecular flexibility index (Phi) is 2.95. The Morgan fingerprint density at radius 2 is 1.86 bits per heavy atom. The van der Waals surface area contributed by atoms with Crippen molar-refractivity contribution in [3.63, 3.8) is 0 Å². The van der Waals surface area contributed by atoms with E-state index in [-0.39, 0.29) is 0 Å². The van der Waals surface area contributed by atoms with Crippen LogP contribution in [0.5, 0.6) is 0 Å². The van der Waals surface area contributed by atoms with Crippen molar-refractivity contribution in [2.75, 3.05) is 5.73 Å². The molecule has 0 atom stereocenters. The zero-order chi connectivity index (χ0) is 10.1. The average Bonchev–Trinajstić information content (AvgIpc) is 2.56. The summed E-state index contributed by atoms with van der Waals surface area (Å²) in [6, 6.07) is 9.95. The molecular formula is C10H7Br2NS. The third-order valence-electron chi connectivity index (χ3n) is 1.83. The lowest BCUT2D eigenvalue weighted by Crippen LogP contribution is -1.85. The number of hydrogen-bond donors (Lipinski definition) is 1. The molecule has 14 heavy (non-hydrogen) atoms. The van der Waals surface area contributed by atoms with Crippen LogP contribution in [0.3, 0.4) is 0 Å². The molecule has 0 aliphatic heterocycles. The third-order valence-corrected chi connectivity index (χ3v) is 4.18. The second-order valence-electron chi connectivity index (χ2n) is 2.84. The van der Waals surface area contributed by atoms with Crippen LogP contribution in [0.1, 0.15) is 0 Å². The van der Waals surface area contributed by atoms with Gasteiger partial charge in [0.05, 0.1) is 3.79 Å². The van der Waals surface area contributed by atoms with Crippen molar-refractivity contribution >= 4 is 48.9 Å². The lowest BCUT2D eigenvalue weighted by Gasteiger charge is -2.02. The summed E-state index contributed by atoms with van der Waals surface area (Å²) in [4.78, 5) is 1.20. The molecule has 2 N–H and O–H groups in total. The second-order valence-corrected chi connectivity index (χ2v) is 6.16. The Morgan fingerprint density at radius 1 is 1.07 bits per heavy atom. The normalized spacial score (nSPS) is 10.4. The molecule has 0 aliphatic rings. The summed E-state index contributed by atoms with van der Waals surface area (Å²) in [7, 11) is 0. The van der Waals surface area contributed by atoms with Crippen LogP contribution in [0.15, 0.2) is 38.6 Å². The van der Waals surface area contributed by atoms with Gasteiger partial charge in [0.2, 0.25) is 0 Å². The van der Waals surface area contributed by atoms with Crippen LogP contribution >= 0.6 is 43.2 Å². The molecule has 2 aromatic rings. The molecular weight excluding hydrogens is 326 g/mol. The maximum Gasteiger partial charge on any atom is 0.0705 e. The van der Waals surface area contributed by atoms with E-state index in [2.05, 4.69) is 37.9 Å². The molecule has 0 bridgehead atoms. The Labute approximate surface area is 103 Å². The van der Waals surface area contributed by atoms with Crippen LogP contribution in [0.2, 0.25) is 0 Å². The molecule has 1 nitrogen and oxygen atoms in total. The van der Waals surface area contributed by atoms with E-state index >= 15 is 0 Å². The van der Waals surface area contributed by atoms with Gasteiger partial charge in [-0.15, -0.1) is 11.3 Å². The molecule has 4 heteroatoms. The minimum atomic E-state index is 0.785. The molecule has 1 aromatic heterocycles. The first-order valence-electron chi connectivity index (χ1n) is 3.97. The fourth-order valence-electron chi connectivity index (χ4n) is 1.19. The molecule has 1 heterocycles. The summed E-state index contributed by atoms with van der Waals surface area (Å²) in [5.74, 6) is 0. The number of halogens is 2. The van der Waals surface area contributed by atoms with E-state index in [1.165, 1.54) is 4.88 Å². The SMILES string of the molecule is Nc1ccc(Br)c(-c2ccc(Br)s2)c1. The van der Waals surface area contributed by atoms with Gasteiger partial charge >= 0.3 is 0 Å². The van der Waals surface area contributed by atoms with E-state index < -0.39 is 0 Å². The van der Waals surface area contributed by atoms with E-state index in [1.54, 1.807) is 11.3 Å². The van der Waals surface area contributed by atoms with Gasteiger partial charge in [-0.25, -0.2) is 0 Å². The molecule has 0 radical (unpaired) electrons. The van der Waals surface area contributed by atoms with Crippen molar-refractivity contribution in [1.82, 2.24) is 0 Å². The van der Waals surface area contributed by atoms with E-state index in [4.69, 9.17) is 5.73 Å². The summed E-state index contributed by atoms with van der Waals surface area (Å²) in [5.41, 5.74) is 7.67. The van der Waals surface area contributed by atoms with Gasteiger partial charge < -0.3 is 5.73 Å². The molecule has 0 saturated carbocycles. The van der Waals surface area contributed by atoms with Crippen LogP contribution in [0, 0.1) is 0 Å². The average molecular weight is 333 g/mol. The number of nitrogen functional groups attached to an aromatic ring is 1. The van der Waals surface area contributed by atoms with Gasteiger partial charge in [-0.3, -0.25) is 0 Å². The summed E-state index contributed by atoms with van der Waals surface area (Å²) in [6.45, 7) is 0. The van der Waals surface area contributed by atoms with Crippen molar-refractivity contribution in [3.05, 3.63) is 38.6 Å². The fourth-order valence-corrected chi connectivity index (χ4v) is 3.20. The molecule has 1 aromatic carbocycles. The van der Waals surface area contributed by atoms with Gasteiger partial charge in [-0.1, -0.05) is 15.9 Å². The lowest BCUT2D eigenvalue weighted by atomic mass is 10.2. The highest BCUT2D eigenvalue weighted by Crippen LogP contribution is 2.36. The lowest BCUT2D eigenvalue weighted by molar-refractivity contribution is 1.63. The number of anilines is 1. The molecule has 0 saturated heterocycles. The first-order valence-corrected chi connectivity index (χ1v) is 6.38. The predicted molar refractivity (Wildman–Crippen MR) is 69.6 cm³/mol. The van der Waals surface area contributed by atoms with Crippen molar-refractivity contribution in [1.29, 1.82) is 0 Å². The van der Waals surface area contributed by atoms with Crippen molar-refractivity contribution < 1.29 is 0 Å². The maximum atomic E-state index is 5.74. The molecule has 0 amide bonds. The van der Waals surface area contributed by atoms with E-state index in [0.29, 0.717) is 0 Å².